The van der Waals surface area contributed by atoms with E-state index in [1.54, 1.807) is 0 Å². The Hall–Kier alpha value is -0.830. The van der Waals surface area contributed by atoms with Gasteiger partial charge in [0.1, 0.15) is 5.82 Å². The first-order valence-electron chi connectivity index (χ1n) is 6.57. The summed E-state index contributed by atoms with van der Waals surface area (Å²) in [6, 6.07) is 0. The highest BCUT2D eigenvalue weighted by Gasteiger charge is 2.23. The number of imidazole rings is 1. The number of likely N-dealkylation sites (tertiary alicyclic amines) is 1. The summed E-state index contributed by atoms with van der Waals surface area (Å²) in [6.45, 7) is 3.63. The average Bonchev–Trinajstić information content (AvgIpc) is 2.72. The van der Waals surface area contributed by atoms with E-state index in [2.05, 4.69) is 22.7 Å². The van der Waals surface area contributed by atoms with Crippen LogP contribution in [0.1, 0.15) is 43.1 Å². The van der Waals surface area contributed by atoms with Gasteiger partial charge in [-0.1, -0.05) is 0 Å². The third-order valence-electron chi connectivity index (χ3n) is 3.97. The van der Waals surface area contributed by atoms with Gasteiger partial charge in [-0.15, -0.1) is 0 Å². The van der Waals surface area contributed by atoms with Crippen molar-refractivity contribution in [3.05, 3.63) is 17.7 Å². The second-order valence-electron chi connectivity index (χ2n) is 5.33. The number of fused-ring (bicyclic) bond motifs is 1. The summed E-state index contributed by atoms with van der Waals surface area (Å²) in [4.78, 5) is 7.28. The molecule has 0 aliphatic carbocycles. The smallest absolute Gasteiger partial charge is 0.108 e. The first-order chi connectivity index (χ1) is 7.83. The fourth-order valence-electron chi connectivity index (χ4n) is 3.04. The molecule has 3 nitrogen and oxygen atoms in total. The molecule has 3 heteroatoms. The zero-order chi connectivity index (χ0) is 11.0. The summed E-state index contributed by atoms with van der Waals surface area (Å²) in [5, 5.41) is 0. The third-order valence-corrected chi connectivity index (χ3v) is 3.97. The summed E-state index contributed by atoms with van der Waals surface area (Å²) in [5.41, 5.74) is 1.35. The van der Waals surface area contributed by atoms with Crippen LogP contribution in [-0.4, -0.2) is 34.6 Å². The van der Waals surface area contributed by atoms with Crippen molar-refractivity contribution in [3.8, 4) is 0 Å². The molecule has 0 radical (unpaired) electrons. The number of rotatable bonds is 1. The quantitative estimate of drug-likeness (QED) is 0.720. The Labute approximate surface area is 97.5 Å². The van der Waals surface area contributed by atoms with Crippen LogP contribution in [0.25, 0.3) is 0 Å². The lowest BCUT2D eigenvalue weighted by molar-refractivity contribution is 0.248. The molecule has 1 unspecified atom stereocenters. The standard InChI is InChI=1S/C13H21N3/c1-15-7-4-5-11(9-15)12-10-16-8-3-2-6-13(16)14-12/h10-11H,2-9H2,1H3. The molecule has 3 rings (SSSR count). The normalized spacial score (nSPS) is 26.7. The van der Waals surface area contributed by atoms with Crippen molar-refractivity contribution in [1.29, 1.82) is 0 Å². The Kier molecular flexibility index (Phi) is 2.72. The molecule has 0 spiro atoms. The fraction of sp³-hybridized carbons (Fsp3) is 0.769. The van der Waals surface area contributed by atoms with Crippen molar-refractivity contribution in [2.75, 3.05) is 20.1 Å². The maximum absolute atomic E-state index is 4.85. The van der Waals surface area contributed by atoms with E-state index in [0.29, 0.717) is 5.92 Å². The second kappa shape index (κ2) is 4.21. The summed E-state index contributed by atoms with van der Waals surface area (Å²) < 4.78 is 2.38. The monoisotopic (exact) mass is 219 g/mol. The Bertz CT molecular complexity index is 346. The highest BCUT2D eigenvalue weighted by Crippen LogP contribution is 2.27. The molecule has 0 amide bonds. The molecule has 1 atom stereocenters. The molecular weight excluding hydrogens is 198 g/mol. The van der Waals surface area contributed by atoms with Crippen LogP contribution in [-0.2, 0) is 13.0 Å². The maximum Gasteiger partial charge on any atom is 0.108 e. The predicted octanol–water partition coefficient (Wildman–Crippen LogP) is 2.03. The SMILES string of the molecule is CN1CCCC(c2cn3c(n2)CCCC3)C1. The molecule has 3 heterocycles. The molecule has 0 aromatic carbocycles. The summed E-state index contributed by atoms with van der Waals surface area (Å²) in [6.07, 6.45) is 8.79. The number of aryl methyl sites for hydroxylation is 2. The molecule has 2 aliphatic rings. The molecule has 1 aromatic heterocycles. The van der Waals surface area contributed by atoms with Gasteiger partial charge >= 0.3 is 0 Å². The van der Waals surface area contributed by atoms with Gasteiger partial charge in [0, 0.05) is 31.6 Å². The molecule has 0 N–H and O–H groups in total. The van der Waals surface area contributed by atoms with Crippen molar-refractivity contribution < 1.29 is 0 Å². The van der Waals surface area contributed by atoms with Gasteiger partial charge in [0.05, 0.1) is 5.69 Å². The predicted molar refractivity (Wildman–Crippen MR) is 64.6 cm³/mol. The van der Waals surface area contributed by atoms with Gasteiger partial charge in [-0.2, -0.15) is 0 Å². The molecule has 1 saturated heterocycles. The Balaban J connectivity index is 1.80. The number of piperidine rings is 1. The minimum Gasteiger partial charge on any atom is -0.335 e. The van der Waals surface area contributed by atoms with Crippen LogP contribution in [0.15, 0.2) is 6.20 Å². The minimum absolute atomic E-state index is 0.678. The minimum atomic E-state index is 0.678. The molecule has 0 bridgehead atoms. The van der Waals surface area contributed by atoms with Crippen molar-refractivity contribution in [1.82, 2.24) is 14.5 Å². The second-order valence-corrected chi connectivity index (χ2v) is 5.33. The van der Waals surface area contributed by atoms with Crippen LogP contribution < -0.4 is 0 Å². The average molecular weight is 219 g/mol. The lowest BCUT2D eigenvalue weighted by Crippen LogP contribution is -2.30. The fourth-order valence-corrected chi connectivity index (χ4v) is 3.04. The van der Waals surface area contributed by atoms with Gasteiger partial charge in [-0.3, -0.25) is 0 Å². The number of hydrogen-bond donors (Lipinski definition) is 0. The topological polar surface area (TPSA) is 21.1 Å². The largest absolute Gasteiger partial charge is 0.335 e. The van der Waals surface area contributed by atoms with Crippen LogP contribution in [0.5, 0.6) is 0 Å². The molecule has 1 aromatic rings. The lowest BCUT2D eigenvalue weighted by atomic mass is 9.96. The summed E-state index contributed by atoms with van der Waals surface area (Å²) in [5.74, 6) is 2.01. The number of likely N-dealkylation sites (N-methyl/N-ethyl adjacent to an activating group) is 1. The third kappa shape index (κ3) is 1.88. The van der Waals surface area contributed by atoms with Gasteiger partial charge < -0.3 is 9.47 Å². The zero-order valence-electron chi connectivity index (χ0n) is 10.2. The van der Waals surface area contributed by atoms with Crippen LogP contribution in [0.3, 0.4) is 0 Å². The molecular formula is C13H21N3. The van der Waals surface area contributed by atoms with E-state index in [9.17, 15) is 0 Å². The van der Waals surface area contributed by atoms with Crippen LogP contribution in [0.2, 0.25) is 0 Å². The zero-order valence-corrected chi connectivity index (χ0v) is 10.2. The number of aromatic nitrogens is 2. The summed E-state index contributed by atoms with van der Waals surface area (Å²) >= 11 is 0. The Morgan fingerprint density at radius 3 is 3.00 bits per heavy atom. The Morgan fingerprint density at radius 1 is 1.25 bits per heavy atom. The molecule has 1 fully saturated rings. The lowest BCUT2D eigenvalue weighted by Gasteiger charge is -2.28. The number of nitrogens with zero attached hydrogens (tertiary/aromatic N) is 3. The van der Waals surface area contributed by atoms with E-state index in [-0.39, 0.29) is 0 Å². The van der Waals surface area contributed by atoms with Crippen molar-refractivity contribution in [2.24, 2.45) is 0 Å². The molecule has 2 aliphatic heterocycles. The van der Waals surface area contributed by atoms with Crippen LogP contribution in [0.4, 0.5) is 0 Å². The van der Waals surface area contributed by atoms with E-state index < -0.39 is 0 Å². The van der Waals surface area contributed by atoms with Gasteiger partial charge in [0.25, 0.3) is 0 Å². The first kappa shape index (κ1) is 10.3. The first-order valence-corrected chi connectivity index (χ1v) is 6.57. The van der Waals surface area contributed by atoms with E-state index in [0.717, 1.165) is 0 Å². The van der Waals surface area contributed by atoms with Gasteiger partial charge in [-0.05, 0) is 39.3 Å². The highest BCUT2D eigenvalue weighted by molar-refractivity contribution is 5.12. The van der Waals surface area contributed by atoms with Gasteiger partial charge in [-0.25, -0.2) is 4.98 Å². The summed E-state index contributed by atoms with van der Waals surface area (Å²) in [7, 11) is 2.22. The maximum atomic E-state index is 4.85. The molecule has 0 saturated carbocycles. The van der Waals surface area contributed by atoms with E-state index in [4.69, 9.17) is 4.98 Å². The number of hydrogen-bond acceptors (Lipinski definition) is 2. The van der Waals surface area contributed by atoms with Crippen molar-refractivity contribution in [2.45, 2.75) is 44.6 Å². The van der Waals surface area contributed by atoms with Crippen LogP contribution >= 0.6 is 0 Å². The molecule has 88 valence electrons. The van der Waals surface area contributed by atoms with E-state index in [1.165, 1.54) is 63.3 Å². The van der Waals surface area contributed by atoms with Gasteiger partial charge in [0.15, 0.2) is 0 Å². The van der Waals surface area contributed by atoms with Gasteiger partial charge in [0.2, 0.25) is 0 Å². The highest BCUT2D eigenvalue weighted by atomic mass is 15.1. The Morgan fingerprint density at radius 2 is 2.19 bits per heavy atom. The van der Waals surface area contributed by atoms with E-state index >= 15 is 0 Å². The van der Waals surface area contributed by atoms with Crippen molar-refractivity contribution >= 4 is 0 Å². The van der Waals surface area contributed by atoms with Crippen LogP contribution in [0, 0.1) is 0 Å². The molecule has 16 heavy (non-hydrogen) atoms. The van der Waals surface area contributed by atoms with Crippen molar-refractivity contribution in [3.63, 3.8) is 0 Å². The van der Waals surface area contributed by atoms with E-state index in [1.807, 2.05) is 0 Å².